The molecule has 1 atom stereocenters. The predicted octanol–water partition coefficient (Wildman–Crippen LogP) is 6.89. The van der Waals surface area contributed by atoms with Gasteiger partial charge in [-0.3, -0.25) is 4.79 Å². The molecular formula is C27H38ClN3O. The molecule has 2 N–H and O–H groups in total. The Hall–Kier alpha value is -1.81. The molecule has 0 aliphatic heterocycles. The molecule has 3 aliphatic rings. The van der Waals surface area contributed by atoms with Crippen molar-refractivity contribution in [2.45, 2.75) is 102 Å². The van der Waals surface area contributed by atoms with Crippen molar-refractivity contribution >= 4 is 17.5 Å². The van der Waals surface area contributed by atoms with Crippen LogP contribution in [0.3, 0.4) is 0 Å². The van der Waals surface area contributed by atoms with Gasteiger partial charge in [0.05, 0.1) is 23.0 Å². The number of aromatic nitrogens is 2. The largest absolute Gasteiger partial charge is 0.369 e. The van der Waals surface area contributed by atoms with Crippen LogP contribution in [0.2, 0.25) is 5.02 Å². The van der Waals surface area contributed by atoms with Crippen molar-refractivity contribution in [3.05, 3.63) is 46.2 Å². The van der Waals surface area contributed by atoms with Crippen molar-refractivity contribution in [3.8, 4) is 5.69 Å². The molecule has 5 heteroatoms. The molecule has 2 fully saturated rings. The third-order valence-electron chi connectivity index (χ3n) is 7.49. The Bertz CT molecular complexity index is 868. The number of benzene rings is 1. The molecular weight excluding hydrogens is 418 g/mol. The predicted molar refractivity (Wildman–Crippen MR) is 131 cm³/mol. The van der Waals surface area contributed by atoms with E-state index in [1.807, 2.05) is 28.9 Å². The zero-order valence-electron chi connectivity index (χ0n) is 19.3. The van der Waals surface area contributed by atoms with Crippen molar-refractivity contribution in [2.75, 3.05) is 0 Å². The van der Waals surface area contributed by atoms with E-state index in [2.05, 4.69) is 0 Å². The highest BCUT2D eigenvalue weighted by molar-refractivity contribution is 6.30. The lowest BCUT2D eigenvalue weighted by atomic mass is 9.76. The van der Waals surface area contributed by atoms with Crippen LogP contribution in [0, 0.1) is 5.92 Å². The van der Waals surface area contributed by atoms with Crippen LogP contribution in [-0.4, -0.2) is 15.7 Å². The average Bonchev–Trinajstić information content (AvgIpc) is 3.21. The molecule has 1 heterocycles. The number of nitrogens with two attached hydrogens (primary N) is 1. The maximum Gasteiger partial charge on any atom is 0.226 e. The van der Waals surface area contributed by atoms with Gasteiger partial charge in [0.1, 0.15) is 0 Å². The van der Waals surface area contributed by atoms with Crippen LogP contribution < -0.4 is 5.73 Å². The molecule has 4 nitrogen and oxygen atoms in total. The van der Waals surface area contributed by atoms with Gasteiger partial charge in [-0.05, 0) is 74.3 Å². The number of carbonyl (C=O) groups excluding carboxylic acids is 1. The van der Waals surface area contributed by atoms with Crippen molar-refractivity contribution in [2.24, 2.45) is 11.7 Å². The molecule has 174 valence electrons. The van der Waals surface area contributed by atoms with E-state index in [1.165, 1.54) is 63.4 Å². The number of nitrogens with zero attached hydrogens (tertiary/aromatic N) is 2. The molecule has 2 saturated carbocycles. The standard InChI is InChI=1S/C21H26ClN3O.C6H12/c22-15-10-12-16(13-11-15)25-20(17-8-4-5-9-18(17)24-25)19(21(23)26)14-6-2-1-3-7-14;1-2-4-6-5-3-1/h10-14,19H,1-9H2,(H2,23,26);1-6H2. The normalized spacial score (nSPS) is 20.0. The third kappa shape index (κ3) is 5.57. The number of hydrogen-bond acceptors (Lipinski definition) is 2. The second-order valence-corrected chi connectivity index (χ2v) is 10.2. The Morgan fingerprint density at radius 1 is 0.875 bits per heavy atom. The fourth-order valence-electron chi connectivity index (χ4n) is 5.80. The monoisotopic (exact) mass is 455 g/mol. The summed E-state index contributed by atoms with van der Waals surface area (Å²) < 4.78 is 1.98. The lowest BCUT2D eigenvalue weighted by Gasteiger charge is -2.29. The highest BCUT2D eigenvalue weighted by atomic mass is 35.5. The molecule has 1 amide bonds. The minimum atomic E-state index is -0.250. The molecule has 0 bridgehead atoms. The van der Waals surface area contributed by atoms with Crippen LogP contribution in [0.15, 0.2) is 24.3 Å². The third-order valence-corrected chi connectivity index (χ3v) is 7.74. The molecule has 0 radical (unpaired) electrons. The summed E-state index contributed by atoms with van der Waals surface area (Å²) in [5.74, 6) is -0.129. The van der Waals surface area contributed by atoms with E-state index in [0.717, 1.165) is 55.6 Å². The summed E-state index contributed by atoms with van der Waals surface area (Å²) >= 11 is 6.07. The zero-order chi connectivity index (χ0) is 22.3. The second kappa shape index (κ2) is 11.4. The lowest BCUT2D eigenvalue weighted by Crippen LogP contribution is -2.32. The van der Waals surface area contributed by atoms with E-state index in [0.29, 0.717) is 10.9 Å². The minimum absolute atomic E-state index is 0.208. The summed E-state index contributed by atoms with van der Waals surface area (Å²) in [6, 6.07) is 7.70. The molecule has 0 spiro atoms. The Morgan fingerprint density at radius 2 is 1.44 bits per heavy atom. The van der Waals surface area contributed by atoms with Gasteiger partial charge in [-0.25, -0.2) is 4.68 Å². The van der Waals surface area contributed by atoms with Crippen molar-refractivity contribution in [1.29, 1.82) is 0 Å². The molecule has 5 rings (SSSR count). The summed E-state index contributed by atoms with van der Waals surface area (Å²) in [6.45, 7) is 0. The number of primary amides is 1. The van der Waals surface area contributed by atoms with Gasteiger partial charge in [-0.2, -0.15) is 5.10 Å². The first-order chi connectivity index (χ1) is 15.6. The average molecular weight is 456 g/mol. The molecule has 0 saturated heterocycles. The molecule has 1 aromatic heterocycles. The van der Waals surface area contributed by atoms with Gasteiger partial charge in [0, 0.05) is 5.02 Å². The molecule has 2 aromatic rings. The molecule has 1 aromatic carbocycles. The second-order valence-electron chi connectivity index (χ2n) is 9.81. The van der Waals surface area contributed by atoms with E-state index in [4.69, 9.17) is 22.4 Å². The SMILES string of the molecule is C1CCCCC1.NC(=O)C(c1c2c(nn1-c1ccc(Cl)cc1)CCCC2)C1CCCCC1. The van der Waals surface area contributed by atoms with Crippen LogP contribution in [0.25, 0.3) is 5.69 Å². The van der Waals surface area contributed by atoms with E-state index in [9.17, 15) is 4.79 Å². The fraction of sp³-hybridized carbons (Fsp3) is 0.630. The first-order valence-electron chi connectivity index (χ1n) is 12.8. The van der Waals surface area contributed by atoms with Crippen LogP contribution in [0.1, 0.15) is 106 Å². The van der Waals surface area contributed by atoms with Crippen molar-refractivity contribution < 1.29 is 4.79 Å². The van der Waals surface area contributed by atoms with E-state index < -0.39 is 0 Å². The Labute approximate surface area is 197 Å². The van der Waals surface area contributed by atoms with Crippen LogP contribution in [0.5, 0.6) is 0 Å². The number of carbonyl (C=O) groups is 1. The number of hydrogen-bond donors (Lipinski definition) is 1. The first-order valence-corrected chi connectivity index (χ1v) is 13.2. The van der Waals surface area contributed by atoms with Gasteiger partial charge in [0.2, 0.25) is 5.91 Å². The Balaban J connectivity index is 0.000000354. The summed E-state index contributed by atoms with van der Waals surface area (Å²) in [6.07, 6.45) is 19.1. The quantitative estimate of drug-likeness (QED) is 0.545. The Kier molecular flexibility index (Phi) is 8.29. The fourth-order valence-corrected chi connectivity index (χ4v) is 5.92. The number of aryl methyl sites for hydroxylation is 1. The maximum atomic E-state index is 12.6. The van der Waals surface area contributed by atoms with E-state index in [-0.39, 0.29) is 11.8 Å². The molecule has 32 heavy (non-hydrogen) atoms. The van der Waals surface area contributed by atoms with Crippen molar-refractivity contribution in [1.82, 2.24) is 9.78 Å². The van der Waals surface area contributed by atoms with Crippen LogP contribution >= 0.6 is 11.6 Å². The van der Waals surface area contributed by atoms with Gasteiger partial charge in [0.25, 0.3) is 0 Å². The number of fused-ring (bicyclic) bond motifs is 1. The van der Waals surface area contributed by atoms with Gasteiger partial charge in [0.15, 0.2) is 0 Å². The lowest BCUT2D eigenvalue weighted by molar-refractivity contribution is -0.121. The summed E-state index contributed by atoms with van der Waals surface area (Å²) in [5.41, 5.74) is 10.4. The van der Waals surface area contributed by atoms with Crippen molar-refractivity contribution in [3.63, 3.8) is 0 Å². The number of halogens is 1. The maximum absolute atomic E-state index is 12.6. The molecule has 3 aliphatic carbocycles. The zero-order valence-corrected chi connectivity index (χ0v) is 20.1. The van der Waals surface area contributed by atoms with Gasteiger partial charge in [-0.1, -0.05) is 69.4 Å². The van der Waals surface area contributed by atoms with Gasteiger partial charge in [-0.15, -0.1) is 0 Å². The van der Waals surface area contributed by atoms with E-state index in [1.54, 1.807) is 0 Å². The number of rotatable bonds is 4. The molecule has 1 unspecified atom stereocenters. The number of amides is 1. The first kappa shape index (κ1) is 23.4. The summed E-state index contributed by atoms with van der Waals surface area (Å²) in [5, 5.41) is 5.61. The highest BCUT2D eigenvalue weighted by Crippen LogP contribution is 2.40. The topological polar surface area (TPSA) is 60.9 Å². The summed E-state index contributed by atoms with van der Waals surface area (Å²) in [7, 11) is 0. The smallest absolute Gasteiger partial charge is 0.226 e. The van der Waals surface area contributed by atoms with E-state index >= 15 is 0 Å². The minimum Gasteiger partial charge on any atom is -0.369 e. The van der Waals surface area contributed by atoms with Crippen LogP contribution in [0.4, 0.5) is 0 Å². The Morgan fingerprint density at radius 3 is 2.03 bits per heavy atom. The summed E-state index contributed by atoms with van der Waals surface area (Å²) in [4.78, 5) is 12.6. The van der Waals surface area contributed by atoms with Crippen LogP contribution in [-0.2, 0) is 17.6 Å². The van der Waals surface area contributed by atoms with Gasteiger partial charge >= 0.3 is 0 Å². The van der Waals surface area contributed by atoms with Gasteiger partial charge < -0.3 is 5.73 Å². The highest BCUT2D eigenvalue weighted by Gasteiger charge is 2.36.